The van der Waals surface area contributed by atoms with Gasteiger partial charge in [0.1, 0.15) is 0 Å². The van der Waals surface area contributed by atoms with Crippen LogP contribution in [0, 0.1) is 0 Å². The van der Waals surface area contributed by atoms with E-state index in [4.69, 9.17) is 5.11 Å². The van der Waals surface area contributed by atoms with Crippen LogP contribution in [0.3, 0.4) is 0 Å². The predicted octanol–water partition coefficient (Wildman–Crippen LogP) is 0.0258. The molecular formula is C8H18N2O4S. The lowest BCUT2D eigenvalue weighted by molar-refractivity contribution is -0.137. The monoisotopic (exact) mass is 238 g/mol. The van der Waals surface area contributed by atoms with Gasteiger partial charge in [0.2, 0.25) is 0 Å². The number of nitrogens with one attached hydrogen (secondary N) is 1. The van der Waals surface area contributed by atoms with Gasteiger partial charge in [-0.2, -0.15) is 17.4 Å². The van der Waals surface area contributed by atoms with Crippen LogP contribution in [-0.2, 0) is 15.0 Å². The number of carboxylic acid groups (broad SMARTS) is 1. The Balaban J connectivity index is 4.08. The Kier molecular flexibility index (Phi) is 5.77. The van der Waals surface area contributed by atoms with Crippen molar-refractivity contribution in [3.8, 4) is 0 Å². The Morgan fingerprint density at radius 3 is 2.40 bits per heavy atom. The minimum absolute atomic E-state index is 0.0263. The van der Waals surface area contributed by atoms with Gasteiger partial charge < -0.3 is 5.11 Å². The zero-order chi connectivity index (χ0) is 12.1. The minimum atomic E-state index is -3.47. The molecule has 0 aliphatic heterocycles. The number of nitrogens with zero attached hydrogens (tertiary/aromatic N) is 1. The van der Waals surface area contributed by atoms with Crippen molar-refractivity contribution in [2.45, 2.75) is 32.7 Å². The average molecular weight is 238 g/mol. The topological polar surface area (TPSA) is 86.7 Å². The van der Waals surface area contributed by atoms with Gasteiger partial charge >= 0.3 is 5.97 Å². The summed E-state index contributed by atoms with van der Waals surface area (Å²) in [6.45, 7) is 3.65. The Morgan fingerprint density at radius 1 is 1.47 bits per heavy atom. The van der Waals surface area contributed by atoms with E-state index in [0.717, 1.165) is 4.31 Å². The summed E-state index contributed by atoms with van der Waals surface area (Å²) in [5.41, 5.74) is 0. The van der Waals surface area contributed by atoms with Crippen LogP contribution >= 0.6 is 0 Å². The average Bonchev–Trinajstić information content (AvgIpc) is 2.00. The van der Waals surface area contributed by atoms with E-state index < -0.39 is 16.2 Å². The normalized spacial score (nSPS) is 12.3. The zero-order valence-corrected chi connectivity index (χ0v) is 10.0. The third kappa shape index (κ3) is 6.43. The molecule has 6 nitrogen and oxygen atoms in total. The highest BCUT2D eigenvalue weighted by atomic mass is 32.2. The van der Waals surface area contributed by atoms with Crippen molar-refractivity contribution < 1.29 is 18.3 Å². The van der Waals surface area contributed by atoms with Crippen LogP contribution in [0.25, 0.3) is 0 Å². The second-order valence-corrected chi connectivity index (χ2v) is 5.41. The van der Waals surface area contributed by atoms with Gasteiger partial charge in [-0.3, -0.25) is 4.79 Å². The first-order valence-corrected chi connectivity index (χ1v) is 6.15. The van der Waals surface area contributed by atoms with Gasteiger partial charge in [0.15, 0.2) is 0 Å². The van der Waals surface area contributed by atoms with Gasteiger partial charge in [0.05, 0.1) is 0 Å². The Hall–Kier alpha value is -0.660. The van der Waals surface area contributed by atoms with Crippen LogP contribution in [0.4, 0.5) is 0 Å². The smallest absolute Gasteiger partial charge is 0.303 e. The van der Waals surface area contributed by atoms with E-state index >= 15 is 0 Å². The molecule has 0 aromatic heterocycles. The molecule has 0 aromatic carbocycles. The molecule has 15 heavy (non-hydrogen) atoms. The van der Waals surface area contributed by atoms with Crippen molar-refractivity contribution in [1.29, 1.82) is 0 Å². The maximum atomic E-state index is 11.5. The lowest BCUT2D eigenvalue weighted by Gasteiger charge is -2.18. The molecule has 0 atom stereocenters. The van der Waals surface area contributed by atoms with E-state index in [1.54, 1.807) is 13.8 Å². The Bertz CT molecular complexity index is 300. The molecule has 0 fully saturated rings. The van der Waals surface area contributed by atoms with E-state index in [1.807, 2.05) is 0 Å². The second-order valence-electron chi connectivity index (χ2n) is 3.60. The summed E-state index contributed by atoms with van der Waals surface area (Å²) in [5.74, 6) is -0.919. The summed E-state index contributed by atoms with van der Waals surface area (Å²) in [6.07, 6.45) is 0.284. The fourth-order valence-electron chi connectivity index (χ4n) is 0.961. The van der Waals surface area contributed by atoms with Crippen LogP contribution in [0.2, 0.25) is 0 Å². The number of carboxylic acids is 1. The maximum absolute atomic E-state index is 11.5. The molecule has 0 spiro atoms. The number of hydrogen-bond donors (Lipinski definition) is 2. The van der Waals surface area contributed by atoms with E-state index in [9.17, 15) is 13.2 Å². The third-order valence-electron chi connectivity index (χ3n) is 1.66. The number of rotatable bonds is 7. The van der Waals surface area contributed by atoms with Crippen LogP contribution in [0.1, 0.15) is 26.7 Å². The first-order chi connectivity index (χ1) is 6.75. The van der Waals surface area contributed by atoms with E-state index in [1.165, 1.54) is 7.05 Å². The first-order valence-electron chi connectivity index (χ1n) is 4.71. The molecule has 0 aliphatic rings. The quantitative estimate of drug-likeness (QED) is 0.655. The minimum Gasteiger partial charge on any atom is -0.481 e. The van der Waals surface area contributed by atoms with Gasteiger partial charge in [-0.15, -0.1) is 0 Å². The molecule has 0 saturated heterocycles. The number of hydrogen-bond acceptors (Lipinski definition) is 3. The van der Waals surface area contributed by atoms with Gasteiger partial charge in [-0.25, -0.2) is 0 Å². The molecule has 0 unspecified atom stereocenters. The lowest BCUT2D eigenvalue weighted by atomic mass is 10.3. The highest BCUT2D eigenvalue weighted by molar-refractivity contribution is 7.87. The first kappa shape index (κ1) is 14.3. The van der Waals surface area contributed by atoms with Crippen molar-refractivity contribution >= 4 is 16.2 Å². The summed E-state index contributed by atoms with van der Waals surface area (Å²) in [5, 5.41) is 8.39. The summed E-state index contributed by atoms with van der Waals surface area (Å²) >= 11 is 0. The molecule has 0 rings (SSSR count). The van der Waals surface area contributed by atoms with Crippen LogP contribution < -0.4 is 4.72 Å². The maximum Gasteiger partial charge on any atom is 0.303 e. The van der Waals surface area contributed by atoms with Crippen molar-refractivity contribution in [1.82, 2.24) is 9.03 Å². The van der Waals surface area contributed by atoms with Gasteiger partial charge in [0, 0.05) is 26.1 Å². The molecule has 0 heterocycles. The predicted molar refractivity (Wildman–Crippen MR) is 56.7 cm³/mol. The van der Waals surface area contributed by atoms with Gasteiger partial charge in [-0.05, 0) is 20.3 Å². The Morgan fingerprint density at radius 2 is 2.00 bits per heavy atom. The fourth-order valence-corrected chi connectivity index (χ4v) is 2.11. The van der Waals surface area contributed by atoms with Crippen molar-refractivity contribution in [2.75, 3.05) is 13.6 Å². The summed E-state index contributed by atoms with van der Waals surface area (Å²) in [7, 11) is -2.04. The van der Waals surface area contributed by atoms with Crippen LogP contribution in [-0.4, -0.2) is 43.4 Å². The third-order valence-corrected chi connectivity index (χ3v) is 3.43. The molecule has 2 N–H and O–H groups in total. The van der Waals surface area contributed by atoms with Crippen LogP contribution in [0.15, 0.2) is 0 Å². The highest BCUT2D eigenvalue weighted by Crippen LogP contribution is 1.99. The molecule has 0 aromatic rings. The molecular weight excluding hydrogens is 220 g/mol. The SMILES string of the molecule is CC(C)NS(=O)(=O)N(C)CCCC(=O)O. The molecule has 7 heteroatoms. The lowest BCUT2D eigenvalue weighted by Crippen LogP contribution is -2.41. The van der Waals surface area contributed by atoms with E-state index in [-0.39, 0.29) is 19.0 Å². The molecule has 0 radical (unpaired) electrons. The van der Waals surface area contributed by atoms with Crippen LogP contribution in [0.5, 0.6) is 0 Å². The van der Waals surface area contributed by atoms with Gasteiger partial charge in [-0.1, -0.05) is 0 Å². The van der Waals surface area contributed by atoms with E-state index in [0.29, 0.717) is 6.42 Å². The largest absolute Gasteiger partial charge is 0.481 e. The summed E-state index contributed by atoms with van der Waals surface area (Å²) in [4.78, 5) is 10.2. The second kappa shape index (κ2) is 6.04. The Labute approximate surface area is 90.5 Å². The molecule has 0 saturated carbocycles. The zero-order valence-electron chi connectivity index (χ0n) is 9.23. The standard InChI is InChI=1S/C8H18N2O4S/c1-7(2)9-15(13,14)10(3)6-4-5-8(11)12/h7,9H,4-6H2,1-3H3,(H,11,12). The molecule has 0 amide bonds. The number of aliphatic carboxylic acids is 1. The van der Waals surface area contributed by atoms with Gasteiger partial charge in [0.25, 0.3) is 10.2 Å². The van der Waals surface area contributed by atoms with E-state index in [2.05, 4.69) is 4.72 Å². The summed E-state index contributed by atoms with van der Waals surface area (Å²) in [6, 6.07) is -0.170. The summed E-state index contributed by atoms with van der Waals surface area (Å²) < 4.78 is 26.5. The fraction of sp³-hybridized carbons (Fsp3) is 0.875. The van der Waals surface area contributed by atoms with Crippen molar-refractivity contribution in [3.63, 3.8) is 0 Å². The number of carbonyl (C=O) groups is 1. The molecule has 0 bridgehead atoms. The van der Waals surface area contributed by atoms with Crippen molar-refractivity contribution in [2.24, 2.45) is 0 Å². The van der Waals surface area contributed by atoms with Crippen molar-refractivity contribution in [3.05, 3.63) is 0 Å². The molecule has 90 valence electrons. The molecule has 0 aliphatic carbocycles. The highest BCUT2D eigenvalue weighted by Gasteiger charge is 2.17.